The van der Waals surface area contributed by atoms with Crippen molar-refractivity contribution in [2.24, 2.45) is 0 Å². The van der Waals surface area contributed by atoms with Gasteiger partial charge in [-0.25, -0.2) is 0 Å². The normalized spacial score (nSPS) is 21.5. The van der Waals surface area contributed by atoms with Gasteiger partial charge in [-0.1, -0.05) is 24.3 Å². The van der Waals surface area contributed by atoms with E-state index in [1.807, 2.05) is 12.1 Å². The molecule has 0 spiro atoms. The van der Waals surface area contributed by atoms with Crippen molar-refractivity contribution in [3.8, 4) is 5.75 Å². The van der Waals surface area contributed by atoms with Crippen molar-refractivity contribution in [1.29, 1.82) is 0 Å². The second-order valence-electron chi connectivity index (χ2n) is 7.32. The van der Waals surface area contributed by atoms with E-state index in [1.165, 1.54) is 41.9 Å². The molecular weight excluding hydrogens is 296 g/mol. The van der Waals surface area contributed by atoms with Crippen molar-refractivity contribution in [3.05, 3.63) is 59.2 Å². The molecule has 3 nitrogen and oxygen atoms in total. The summed E-state index contributed by atoms with van der Waals surface area (Å²) in [6.07, 6.45) is 3.52. The molecule has 2 aliphatic rings. The van der Waals surface area contributed by atoms with Crippen LogP contribution in [0.2, 0.25) is 0 Å². The minimum Gasteiger partial charge on any atom is -0.508 e. The monoisotopic (exact) mass is 323 g/mol. The van der Waals surface area contributed by atoms with Crippen LogP contribution in [-0.2, 0) is 12.8 Å². The maximum atomic E-state index is 9.65. The van der Waals surface area contributed by atoms with E-state index in [0.717, 1.165) is 32.0 Å². The van der Waals surface area contributed by atoms with Crippen LogP contribution in [-0.4, -0.2) is 37.3 Å². The first-order chi connectivity index (χ1) is 11.7. The van der Waals surface area contributed by atoms with Gasteiger partial charge in [0.05, 0.1) is 32.2 Å². The highest BCUT2D eigenvalue weighted by molar-refractivity contribution is 5.53. The Hall–Kier alpha value is -2.00. The average molecular weight is 323 g/mol. The van der Waals surface area contributed by atoms with Gasteiger partial charge < -0.3 is 14.9 Å². The van der Waals surface area contributed by atoms with E-state index < -0.39 is 0 Å². The molecule has 1 atom stereocenters. The topological polar surface area (TPSA) is 27.9 Å². The summed E-state index contributed by atoms with van der Waals surface area (Å²) in [5.41, 5.74) is 5.58. The number of nitrogens with zero attached hydrogens (tertiary/aromatic N) is 1. The smallest absolute Gasteiger partial charge is 0.115 e. The fourth-order valence-corrected chi connectivity index (χ4v) is 4.45. The zero-order valence-corrected chi connectivity index (χ0v) is 14.5. The predicted molar refractivity (Wildman–Crippen MR) is 98.0 cm³/mol. The molecule has 0 bridgehead atoms. The molecule has 2 aromatic rings. The number of phenols is 1. The zero-order chi connectivity index (χ0) is 16.5. The molecule has 0 saturated carbocycles. The van der Waals surface area contributed by atoms with Gasteiger partial charge >= 0.3 is 0 Å². The van der Waals surface area contributed by atoms with E-state index in [2.05, 4.69) is 42.2 Å². The second-order valence-corrected chi connectivity index (χ2v) is 7.32. The van der Waals surface area contributed by atoms with E-state index in [9.17, 15) is 5.11 Å². The number of aryl methyl sites for hydroxylation is 2. The summed E-state index contributed by atoms with van der Waals surface area (Å²) in [6.45, 7) is 6.97. The van der Waals surface area contributed by atoms with E-state index in [4.69, 9.17) is 0 Å². The van der Waals surface area contributed by atoms with Crippen molar-refractivity contribution in [1.82, 2.24) is 0 Å². The summed E-state index contributed by atoms with van der Waals surface area (Å²) >= 11 is 0. The number of hydrogen-bond donors (Lipinski definition) is 2. The van der Waals surface area contributed by atoms with Gasteiger partial charge in [0.15, 0.2) is 0 Å². The lowest BCUT2D eigenvalue weighted by Gasteiger charge is -2.39. The number of para-hydroxylation sites is 1. The number of aromatic hydroxyl groups is 1. The van der Waals surface area contributed by atoms with Crippen LogP contribution in [0.4, 0.5) is 5.69 Å². The highest BCUT2D eigenvalue weighted by Crippen LogP contribution is 2.24. The molecule has 24 heavy (non-hydrogen) atoms. The van der Waals surface area contributed by atoms with E-state index in [0.29, 0.717) is 5.75 Å². The van der Waals surface area contributed by atoms with Crippen molar-refractivity contribution >= 4 is 5.69 Å². The number of fused-ring (bicyclic) bond motifs is 1. The Labute approximate surface area is 144 Å². The van der Waals surface area contributed by atoms with Gasteiger partial charge in [0.2, 0.25) is 0 Å². The van der Waals surface area contributed by atoms with E-state index in [-0.39, 0.29) is 0 Å². The summed E-state index contributed by atoms with van der Waals surface area (Å²) < 4.78 is 0. The molecule has 1 heterocycles. The van der Waals surface area contributed by atoms with Gasteiger partial charge in [-0.3, -0.25) is 0 Å². The molecule has 0 unspecified atom stereocenters. The third kappa shape index (κ3) is 3.01. The van der Waals surface area contributed by atoms with Gasteiger partial charge in [0.25, 0.3) is 0 Å². The third-order valence-corrected chi connectivity index (χ3v) is 5.86. The second kappa shape index (κ2) is 6.48. The third-order valence-electron chi connectivity index (χ3n) is 5.86. The predicted octanol–water partition coefficient (Wildman–Crippen LogP) is 1.96. The molecule has 3 heteroatoms. The van der Waals surface area contributed by atoms with Crippen LogP contribution >= 0.6 is 0 Å². The largest absolute Gasteiger partial charge is 0.508 e. The number of phenolic OH excluding ortho intramolecular Hbond substituents is 1. The fourth-order valence-electron chi connectivity index (χ4n) is 4.45. The summed E-state index contributed by atoms with van der Waals surface area (Å²) in [5, 5.41) is 9.65. The maximum absolute atomic E-state index is 9.65. The molecule has 4 rings (SSSR count). The molecule has 1 fully saturated rings. The van der Waals surface area contributed by atoms with Gasteiger partial charge in [-0.15, -0.1) is 0 Å². The lowest BCUT2D eigenvalue weighted by atomic mass is 9.87. The molecule has 126 valence electrons. The van der Waals surface area contributed by atoms with Crippen LogP contribution in [0.3, 0.4) is 0 Å². The Kier molecular flexibility index (Phi) is 4.19. The van der Waals surface area contributed by atoms with Gasteiger partial charge in [-0.2, -0.15) is 0 Å². The number of benzene rings is 2. The Bertz CT molecular complexity index is 720. The van der Waals surface area contributed by atoms with Crippen LogP contribution in [0.25, 0.3) is 0 Å². The van der Waals surface area contributed by atoms with Crippen molar-refractivity contribution in [2.75, 3.05) is 31.1 Å². The molecular formula is C21H27N2O+. The Morgan fingerprint density at radius 3 is 2.62 bits per heavy atom. The van der Waals surface area contributed by atoms with E-state index in [1.54, 1.807) is 4.90 Å². The molecule has 1 aliphatic heterocycles. The van der Waals surface area contributed by atoms with Gasteiger partial charge in [0, 0.05) is 18.5 Å². The standard InChI is InChI=1S/C21H26N2O/c1-16-4-2-3-5-21(16)23-12-10-22(11-13-23)19-8-6-18-15-20(24)9-7-17(18)14-19/h2-5,7,9,15,19,24H,6,8,10-14H2,1H3/p+1/t19-/m0/s1. The molecule has 2 aromatic carbocycles. The number of rotatable bonds is 2. The van der Waals surface area contributed by atoms with E-state index >= 15 is 0 Å². The first-order valence-electron chi connectivity index (χ1n) is 9.16. The first-order valence-corrected chi connectivity index (χ1v) is 9.16. The Morgan fingerprint density at radius 2 is 1.83 bits per heavy atom. The van der Waals surface area contributed by atoms with Gasteiger partial charge in [0.1, 0.15) is 5.75 Å². The zero-order valence-electron chi connectivity index (χ0n) is 14.5. The first kappa shape index (κ1) is 15.5. The average Bonchev–Trinajstić information content (AvgIpc) is 2.62. The summed E-state index contributed by atoms with van der Waals surface area (Å²) in [7, 11) is 0. The van der Waals surface area contributed by atoms with Crippen molar-refractivity contribution in [3.63, 3.8) is 0 Å². The highest BCUT2D eigenvalue weighted by Gasteiger charge is 2.30. The number of hydrogen-bond acceptors (Lipinski definition) is 2. The quantitative estimate of drug-likeness (QED) is 0.884. The summed E-state index contributed by atoms with van der Waals surface area (Å²) in [6, 6.07) is 15.4. The number of piperazine rings is 1. The molecule has 0 amide bonds. The number of nitrogens with one attached hydrogen (secondary N) is 1. The molecule has 2 N–H and O–H groups in total. The fraction of sp³-hybridized carbons (Fsp3) is 0.429. The van der Waals surface area contributed by atoms with Crippen LogP contribution < -0.4 is 9.80 Å². The molecule has 1 aliphatic carbocycles. The van der Waals surface area contributed by atoms with Crippen LogP contribution in [0, 0.1) is 6.92 Å². The highest BCUT2D eigenvalue weighted by atomic mass is 16.3. The van der Waals surface area contributed by atoms with Crippen LogP contribution in [0.15, 0.2) is 42.5 Å². The number of anilines is 1. The van der Waals surface area contributed by atoms with Crippen LogP contribution in [0.1, 0.15) is 23.1 Å². The molecule has 1 saturated heterocycles. The summed E-state index contributed by atoms with van der Waals surface area (Å²) in [5.74, 6) is 0.409. The minimum absolute atomic E-state index is 0.409. The maximum Gasteiger partial charge on any atom is 0.115 e. The lowest BCUT2D eigenvalue weighted by molar-refractivity contribution is -0.926. The van der Waals surface area contributed by atoms with Crippen LogP contribution in [0.5, 0.6) is 5.75 Å². The van der Waals surface area contributed by atoms with Crippen molar-refractivity contribution < 1.29 is 10.0 Å². The Balaban J connectivity index is 1.40. The minimum atomic E-state index is 0.409. The SMILES string of the molecule is Cc1ccccc1N1CC[NH+]([C@H]2CCc3cc(O)ccc3C2)CC1. The lowest BCUT2D eigenvalue weighted by Crippen LogP contribution is -3.18. The molecule has 0 aromatic heterocycles. The Morgan fingerprint density at radius 1 is 1.04 bits per heavy atom. The molecule has 0 radical (unpaired) electrons. The summed E-state index contributed by atoms with van der Waals surface area (Å²) in [4.78, 5) is 4.31. The van der Waals surface area contributed by atoms with Crippen molar-refractivity contribution in [2.45, 2.75) is 32.2 Å². The number of quaternary nitrogens is 1. The van der Waals surface area contributed by atoms with Gasteiger partial charge in [-0.05, 0) is 48.2 Å².